The summed E-state index contributed by atoms with van der Waals surface area (Å²) in [5, 5.41) is 3.41. The molecule has 3 rings (SSSR count). The molecule has 0 spiro atoms. The predicted octanol–water partition coefficient (Wildman–Crippen LogP) is 4.53. The lowest BCUT2D eigenvalue weighted by molar-refractivity contribution is -0.128. The molecule has 1 aliphatic carbocycles. The van der Waals surface area contributed by atoms with Crippen LogP contribution in [-0.2, 0) is 17.6 Å². The van der Waals surface area contributed by atoms with Gasteiger partial charge in [-0.05, 0) is 68.9 Å². The Kier molecular flexibility index (Phi) is 5.63. The number of nitrogens with two attached hydrogens (primary N) is 1. The summed E-state index contributed by atoms with van der Waals surface area (Å²) in [4.78, 5) is 26.0. The number of thiophene rings is 1. The summed E-state index contributed by atoms with van der Waals surface area (Å²) < 4.78 is 6.80. The third-order valence-corrected chi connectivity index (χ3v) is 6.42. The van der Waals surface area contributed by atoms with Crippen molar-refractivity contribution in [3.8, 4) is 5.75 Å². The topological polar surface area (TPSA) is 81.4 Å². The molecule has 1 aromatic heterocycles. The predicted molar refractivity (Wildman–Crippen MR) is 112 cm³/mol. The van der Waals surface area contributed by atoms with Crippen molar-refractivity contribution >= 4 is 44.1 Å². The van der Waals surface area contributed by atoms with Crippen LogP contribution in [0.2, 0.25) is 0 Å². The Morgan fingerprint density at radius 3 is 2.59 bits per heavy atom. The first-order chi connectivity index (χ1) is 12.7. The molecular formula is C20H23BrN2O3S. The lowest BCUT2D eigenvalue weighted by Crippen LogP contribution is -2.42. The van der Waals surface area contributed by atoms with Crippen molar-refractivity contribution in [2.24, 2.45) is 11.7 Å². The first-order valence-corrected chi connectivity index (χ1v) is 10.5. The third kappa shape index (κ3) is 4.35. The highest BCUT2D eigenvalue weighted by atomic mass is 79.9. The summed E-state index contributed by atoms with van der Waals surface area (Å²) >= 11 is 4.83. The van der Waals surface area contributed by atoms with E-state index in [1.165, 1.54) is 11.3 Å². The fraction of sp³-hybridized carbons (Fsp3) is 0.400. The van der Waals surface area contributed by atoms with E-state index in [1.807, 2.05) is 12.1 Å². The number of rotatable bonds is 5. The van der Waals surface area contributed by atoms with Crippen LogP contribution < -0.4 is 15.8 Å². The monoisotopic (exact) mass is 450 g/mol. The van der Waals surface area contributed by atoms with E-state index in [9.17, 15) is 9.59 Å². The highest BCUT2D eigenvalue weighted by Gasteiger charge is 2.33. The molecule has 7 heteroatoms. The Bertz CT molecular complexity index is 874. The summed E-state index contributed by atoms with van der Waals surface area (Å²) in [6.07, 6.45) is 2.75. The second-order valence-electron chi connectivity index (χ2n) is 7.44. The number of hydrogen-bond acceptors (Lipinski definition) is 4. The summed E-state index contributed by atoms with van der Waals surface area (Å²) in [6, 6.07) is 7.28. The molecule has 2 aromatic rings. The van der Waals surface area contributed by atoms with E-state index in [0.717, 1.165) is 34.2 Å². The number of fused-ring (bicyclic) bond motifs is 1. The molecule has 3 N–H and O–H groups in total. The molecule has 0 saturated carbocycles. The average Bonchev–Trinajstić information content (AvgIpc) is 2.93. The molecule has 0 saturated heterocycles. The third-order valence-electron chi connectivity index (χ3n) is 4.72. The number of benzene rings is 1. The zero-order valence-electron chi connectivity index (χ0n) is 15.6. The molecule has 1 aliphatic rings. The second-order valence-corrected chi connectivity index (χ2v) is 9.46. The van der Waals surface area contributed by atoms with Crippen LogP contribution in [-0.4, -0.2) is 17.4 Å². The SMILES string of the molecule is C[C@H]1CCc2c(sc(NC(=O)C(C)(C)Oc3ccc(Br)cc3)c2C(N)=O)C1. The number of carbonyl (C=O) groups is 2. The summed E-state index contributed by atoms with van der Waals surface area (Å²) in [5.41, 5.74) is 5.96. The van der Waals surface area contributed by atoms with Crippen LogP contribution in [0.5, 0.6) is 5.75 Å². The van der Waals surface area contributed by atoms with Crippen molar-refractivity contribution in [3.05, 3.63) is 44.7 Å². The number of hydrogen-bond donors (Lipinski definition) is 2. The minimum absolute atomic E-state index is 0.320. The molecule has 144 valence electrons. The van der Waals surface area contributed by atoms with E-state index in [0.29, 0.717) is 22.2 Å². The Morgan fingerprint density at radius 1 is 1.30 bits per heavy atom. The number of amides is 2. The van der Waals surface area contributed by atoms with Gasteiger partial charge in [-0.2, -0.15) is 0 Å². The van der Waals surface area contributed by atoms with E-state index in [-0.39, 0.29) is 5.91 Å². The van der Waals surface area contributed by atoms with Gasteiger partial charge in [-0.25, -0.2) is 0 Å². The van der Waals surface area contributed by atoms with Gasteiger partial charge >= 0.3 is 0 Å². The fourth-order valence-electron chi connectivity index (χ4n) is 3.20. The van der Waals surface area contributed by atoms with Crippen LogP contribution in [0.3, 0.4) is 0 Å². The minimum atomic E-state index is -1.11. The number of primary amides is 1. The van der Waals surface area contributed by atoms with Gasteiger partial charge in [0.25, 0.3) is 11.8 Å². The van der Waals surface area contributed by atoms with E-state index < -0.39 is 11.5 Å². The molecule has 1 atom stereocenters. The van der Waals surface area contributed by atoms with Crippen molar-refractivity contribution < 1.29 is 14.3 Å². The van der Waals surface area contributed by atoms with E-state index in [4.69, 9.17) is 10.5 Å². The van der Waals surface area contributed by atoms with Gasteiger partial charge in [0, 0.05) is 9.35 Å². The van der Waals surface area contributed by atoms with Crippen LogP contribution in [0.4, 0.5) is 5.00 Å². The van der Waals surface area contributed by atoms with Crippen molar-refractivity contribution in [2.75, 3.05) is 5.32 Å². The average molecular weight is 451 g/mol. The van der Waals surface area contributed by atoms with Crippen LogP contribution in [0.1, 0.15) is 48.0 Å². The largest absolute Gasteiger partial charge is 0.478 e. The zero-order valence-corrected chi connectivity index (χ0v) is 18.0. The van der Waals surface area contributed by atoms with Crippen LogP contribution in [0, 0.1) is 5.92 Å². The molecular weight excluding hydrogens is 428 g/mol. The summed E-state index contributed by atoms with van der Waals surface area (Å²) in [7, 11) is 0. The van der Waals surface area contributed by atoms with Gasteiger partial charge < -0.3 is 15.8 Å². The number of halogens is 1. The second kappa shape index (κ2) is 7.64. The van der Waals surface area contributed by atoms with Gasteiger partial charge in [0.1, 0.15) is 10.8 Å². The molecule has 1 aromatic carbocycles. The van der Waals surface area contributed by atoms with Crippen LogP contribution >= 0.6 is 27.3 Å². The first kappa shape index (κ1) is 19.9. The van der Waals surface area contributed by atoms with Gasteiger partial charge in [-0.3, -0.25) is 9.59 Å². The number of anilines is 1. The van der Waals surface area contributed by atoms with E-state index in [1.54, 1.807) is 26.0 Å². The molecule has 0 radical (unpaired) electrons. The normalized spacial score (nSPS) is 16.5. The number of ether oxygens (including phenoxy) is 1. The molecule has 0 unspecified atom stereocenters. The zero-order chi connectivity index (χ0) is 19.8. The van der Waals surface area contributed by atoms with Crippen molar-refractivity contribution in [2.45, 2.75) is 45.6 Å². The molecule has 0 aliphatic heterocycles. The lowest BCUT2D eigenvalue weighted by atomic mass is 9.88. The van der Waals surface area contributed by atoms with Crippen LogP contribution in [0.15, 0.2) is 28.7 Å². The molecule has 27 heavy (non-hydrogen) atoms. The molecule has 0 fully saturated rings. The highest BCUT2D eigenvalue weighted by Crippen LogP contribution is 2.39. The minimum Gasteiger partial charge on any atom is -0.478 e. The molecule has 5 nitrogen and oxygen atoms in total. The summed E-state index contributed by atoms with van der Waals surface area (Å²) in [6.45, 7) is 5.59. The van der Waals surface area contributed by atoms with E-state index in [2.05, 4.69) is 28.2 Å². The standard InChI is InChI=1S/C20H23BrN2O3S/c1-11-4-9-14-15(10-11)27-18(16(14)17(22)24)23-19(25)20(2,3)26-13-7-5-12(21)6-8-13/h5-8,11H,4,9-10H2,1-3H3,(H2,22,24)(H,23,25)/t11-/m0/s1. The van der Waals surface area contributed by atoms with Gasteiger partial charge in [-0.15, -0.1) is 11.3 Å². The fourth-order valence-corrected chi connectivity index (χ4v) is 4.87. The first-order valence-electron chi connectivity index (χ1n) is 8.87. The quantitative estimate of drug-likeness (QED) is 0.701. The Hall–Kier alpha value is -1.86. The summed E-state index contributed by atoms with van der Waals surface area (Å²) in [5.74, 6) is 0.342. The van der Waals surface area contributed by atoms with Crippen molar-refractivity contribution in [1.82, 2.24) is 0 Å². The van der Waals surface area contributed by atoms with Crippen molar-refractivity contribution in [1.29, 1.82) is 0 Å². The number of nitrogens with one attached hydrogen (secondary N) is 1. The smallest absolute Gasteiger partial charge is 0.268 e. The lowest BCUT2D eigenvalue weighted by Gasteiger charge is -2.25. The molecule has 2 amide bonds. The van der Waals surface area contributed by atoms with Crippen LogP contribution in [0.25, 0.3) is 0 Å². The molecule has 0 bridgehead atoms. The van der Waals surface area contributed by atoms with Gasteiger partial charge in [-0.1, -0.05) is 22.9 Å². The molecule has 1 heterocycles. The number of carbonyl (C=O) groups excluding carboxylic acids is 2. The van der Waals surface area contributed by atoms with Crippen molar-refractivity contribution in [3.63, 3.8) is 0 Å². The highest BCUT2D eigenvalue weighted by molar-refractivity contribution is 9.10. The Labute approximate surface area is 171 Å². The maximum absolute atomic E-state index is 12.9. The Morgan fingerprint density at radius 2 is 1.96 bits per heavy atom. The maximum Gasteiger partial charge on any atom is 0.268 e. The van der Waals surface area contributed by atoms with Gasteiger partial charge in [0.05, 0.1) is 5.56 Å². The Balaban J connectivity index is 1.82. The van der Waals surface area contributed by atoms with Gasteiger partial charge in [0.2, 0.25) is 0 Å². The van der Waals surface area contributed by atoms with Gasteiger partial charge in [0.15, 0.2) is 5.60 Å². The van der Waals surface area contributed by atoms with E-state index >= 15 is 0 Å². The maximum atomic E-state index is 12.9.